The number of benzene rings is 2. The second kappa shape index (κ2) is 12.4. The van der Waals surface area contributed by atoms with Gasteiger partial charge in [0.2, 0.25) is 10.0 Å². The average molecular weight is 575 g/mol. The van der Waals surface area contributed by atoms with Crippen LogP contribution in [0, 0.1) is 0 Å². The number of nitrogens with zero attached hydrogens (tertiary/aromatic N) is 2. The molecule has 0 unspecified atom stereocenters. The summed E-state index contributed by atoms with van der Waals surface area (Å²) >= 11 is 0. The third kappa shape index (κ3) is 8.25. The largest absolute Gasteiger partial charge is 0.488 e. The Morgan fingerprint density at radius 2 is 1.59 bits per heavy atom. The van der Waals surface area contributed by atoms with Crippen molar-refractivity contribution in [2.45, 2.75) is 51.3 Å². The first-order valence-corrected chi connectivity index (χ1v) is 11.8. The van der Waals surface area contributed by atoms with E-state index in [2.05, 4.69) is 15.6 Å². The van der Waals surface area contributed by atoms with Gasteiger partial charge in [0.05, 0.1) is 11.4 Å². The van der Waals surface area contributed by atoms with E-state index in [4.69, 9.17) is 4.74 Å². The first-order valence-electron chi connectivity index (χ1n) is 10.3. The monoisotopic (exact) mass is 574 g/mol. The molecule has 7 nitrogen and oxygen atoms in total. The van der Waals surface area contributed by atoms with Crippen LogP contribution in [0.25, 0.3) is 0 Å². The summed E-state index contributed by atoms with van der Waals surface area (Å²) in [5, 5.41) is 6.45. The van der Waals surface area contributed by atoms with Gasteiger partial charge in [-0.05, 0) is 45.4 Å². The quantitative estimate of drug-likeness (QED) is 0.283. The van der Waals surface area contributed by atoms with Gasteiger partial charge in [0, 0.05) is 32.7 Å². The lowest BCUT2D eigenvalue weighted by Gasteiger charge is -2.23. The normalized spacial score (nSPS) is 12.3. The van der Waals surface area contributed by atoms with Crippen LogP contribution in [0.3, 0.4) is 0 Å². The minimum atomic E-state index is -3.53. The van der Waals surface area contributed by atoms with Crippen LogP contribution in [0.4, 0.5) is 0 Å². The van der Waals surface area contributed by atoms with Crippen LogP contribution in [-0.4, -0.2) is 44.9 Å². The smallest absolute Gasteiger partial charge is 0.242 e. The molecule has 0 aliphatic rings. The van der Waals surface area contributed by atoms with E-state index in [-0.39, 0.29) is 34.5 Å². The number of sulfonamides is 1. The van der Waals surface area contributed by atoms with E-state index in [0.29, 0.717) is 31.2 Å². The van der Waals surface area contributed by atoms with Crippen molar-refractivity contribution in [2.24, 2.45) is 4.99 Å². The van der Waals surface area contributed by atoms with E-state index in [1.54, 1.807) is 18.2 Å². The molecule has 2 aromatic rings. The molecule has 0 aliphatic heterocycles. The highest BCUT2D eigenvalue weighted by Gasteiger charge is 2.20. The maximum atomic E-state index is 12.6. The van der Waals surface area contributed by atoms with Crippen LogP contribution in [0.1, 0.15) is 38.8 Å². The van der Waals surface area contributed by atoms with Gasteiger partial charge in [-0.15, -0.1) is 24.0 Å². The van der Waals surface area contributed by atoms with Crippen molar-refractivity contribution in [1.29, 1.82) is 0 Å². The summed E-state index contributed by atoms with van der Waals surface area (Å²) in [6.07, 6.45) is 0. The van der Waals surface area contributed by atoms with Crippen LogP contribution in [0.2, 0.25) is 0 Å². The molecule has 0 atom stereocenters. The van der Waals surface area contributed by atoms with Crippen LogP contribution in [-0.2, 0) is 23.1 Å². The molecule has 0 radical (unpaired) electrons. The van der Waals surface area contributed by atoms with Gasteiger partial charge >= 0.3 is 0 Å². The number of para-hydroxylation sites is 1. The van der Waals surface area contributed by atoms with Crippen molar-refractivity contribution in [2.75, 3.05) is 20.6 Å². The minimum absolute atomic E-state index is 0. The molecule has 9 heteroatoms. The minimum Gasteiger partial charge on any atom is -0.488 e. The summed E-state index contributed by atoms with van der Waals surface area (Å²) in [4.78, 5) is 4.96. The summed E-state index contributed by atoms with van der Waals surface area (Å²) in [5.74, 6) is 1.40. The van der Waals surface area contributed by atoms with E-state index in [1.165, 1.54) is 18.4 Å². The zero-order chi connectivity index (χ0) is 23.1. The summed E-state index contributed by atoms with van der Waals surface area (Å²) < 4.78 is 32.5. The Labute approximate surface area is 209 Å². The molecule has 0 saturated heterocycles. The Hall–Kier alpha value is -1.85. The number of ether oxygens (including phenoxy) is 1. The van der Waals surface area contributed by atoms with E-state index in [0.717, 1.165) is 11.3 Å². The molecule has 2 N–H and O–H groups in total. The molecular formula is C23H35IN4O3S. The van der Waals surface area contributed by atoms with Gasteiger partial charge in [-0.25, -0.2) is 17.7 Å². The number of halogens is 1. The predicted octanol–water partition coefficient (Wildman–Crippen LogP) is 3.99. The van der Waals surface area contributed by atoms with Crippen molar-refractivity contribution < 1.29 is 13.2 Å². The number of hydrogen-bond acceptors (Lipinski definition) is 4. The Balaban J connectivity index is 0.00000512. The van der Waals surface area contributed by atoms with Gasteiger partial charge in [-0.2, -0.15) is 0 Å². The molecule has 0 aromatic heterocycles. The third-order valence-electron chi connectivity index (χ3n) is 4.32. The number of nitrogens with one attached hydrogen (secondary N) is 2. The fourth-order valence-electron chi connectivity index (χ4n) is 2.85. The summed E-state index contributed by atoms with van der Waals surface area (Å²) in [6.45, 7) is 9.46. The van der Waals surface area contributed by atoms with Gasteiger partial charge in [-0.1, -0.05) is 36.4 Å². The lowest BCUT2D eigenvalue weighted by molar-refractivity contribution is 0.129. The van der Waals surface area contributed by atoms with Crippen LogP contribution < -0.4 is 15.4 Å². The van der Waals surface area contributed by atoms with E-state index >= 15 is 0 Å². The number of aliphatic imine (C=N–C) groups is 1. The maximum absolute atomic E-state index is 12.6. The standard InChI is InChI=1S/C23H34N4O3S.HI/c1-7-24-22(25-16-18-12-8-10-14-20(18)30-23(2,3)4)26-17-19-13-9-11-15-21(19)31(28,29)27(5)6;/h8-15H,7,16-17H2,1-6H3,(H2,24,25,26);1H. The number of rotatable bonds is 8. The van der Waals surface area contributed by atoms with E-state index < -0.39 is 10.0 Å². The first kappa shape index (κ1) is 28.2. The average Bonchev–Trinajstić information content (AvgIpc) is 2.70. The molecular weight excluding hydrogens is 539 g/mol. The first-order chi connectivity index (χ1) is 14.5. The second-order valence-electron chi connectivity index (χ2n) is 8.27. The molecule has 2 rings (SSSR count). The number of guanidine groups is 1. The summed E-state index contributed by atoms with van der Waals surface area (Å²) in [7, 11) is -0.470. The third-order valence-corrected chi connectivity index (χ3v) is 6.23. The highest BCUT2D eigenvalue weighted by Crippen LogP contribution is 2.23. The Kier molecular flexibility index (Phi) is 10.9. The highest BCUT2D eigenvalue weighted by atomic mass is 127. The lowest BCUT2D eigenvalue weighted by Crippen LogP contribution is -2.37. The molecule has 0 spiro atoms. The van der Waals surface area contributed by atoms with Gasteiger partial charge in [0.25, 0.3) is 0 Å². The van der Waals surface area contributed by atoms with Crippen LogP contribution >= 0.6 is 24.0 Å². The van der Waals surface area contributed by atoms with Gasteiger partial charge in [0.15, 0.2) is 5.96 Å². The van der Waals surface area contributed by atoms with Gasteiger partial charge in [-0.3, -0.25) is 0 Å². The zero-order valence-corrected chi connectivity index (χ0v) is 22.8. The topological polar surface area (TPSA) is 83.0 Å². The fourth-order valence-corrected chi connectivity index (χ4v) is 3.96. The number of hydrogen-bond donors (Lipinski definition) is 2. The molecule has 0 amide bonds. The van der Waals surface area contributed by atoms with E-state index in [9.17, 15) is 8.42 Å². The van der Waals surface area contributed by atoms with Crippen molar-refractivity contribution in [1.82, 2.24) is 14.9 Å². The Morgan fingerprint density at radius 3 is 2.19 bits per heavy atom. The van der Waals surface area contributed by atoms with Gasteiger partial charge < -0.3 is 15.4 Å². The van der Waals surface area contributed by atoms with Crippen molar-refractivity contribution in [3.8, 4) is 5.75 Å². The zero-order valence-electron chi connectivity index (χ0n) is 19.7. The highest BCUT2D eigenvalue weighted by molar-refractivity contribution is 14.0. The maximum Gasteiger partial charge on any atom is 0.242 e. The summed E-state index contributed by atoms with van der Waals surface area (Å²) in [5.41, 5.74) is 1.35. The molecule has 0 saturated carbocycles. The molecule has 178 valence electrons. The Morgan fingerprint density at radius 1 is 1.00 bits per heavy atom. The van der Waals surface area contributed by atoms with Crippen LogP contribution in [0.15, 0.2) is 58.4 Å². The SMILES string of the molecule is CCNC(=NCc1ccccc1OC(C)(C)C)NCc1ccccc1S(=O)(=O)N(C)C.I. The van der Waals surface area contributed by atoms with Crippen molar-refractivity contribution in [3.05, 3.63) is 59.7 Å². The lowest BCUT2D eigenvalue weighted by atomic mass is 10.1. The van der Waals surface area contributed by atoms with E-state index in [1.807, 2.05) is 58.0 Å². The molecule has 2 aromatic carbocycles. The predicted molar refractivity (Wildman–Crippen MR) is 141 cm³/mol. The molecule has 0 heterocycles. The van der Waals surface area contributed by atoms with Gasteiger partial charge in [0.1, 0.15) is 11.4 Å². The van der Waals surface area contributed by atoms with Crippen molar-refractivity contribution >= 4 is 40.0 Å². The summed E-state index contributed by atoms with van der Waals surface area (Å²) in [6, 6.07) is 14.8. The molecule has 0 bridgehead atoms. The molecule has 32 heavy (non-hydrogen) atoms. The molecule has 0 fully saturated rings. The second-order valence-corrected chi connectivity index (χ2v) is 10.4. The fraction of sp³-hybridized carbons (Fsp3) is 0.435. The molecule has 0 aliphatic carbocycles. The van der Waals surface area contributed by atoms with Crippen molar-refractivity contribution in [3.63, 3.8) is 0 Å². The Bertz CT molecular complexity index is 1000. The van der Waals surface area contributed by atoms with Crippen LogP contribution in [0.5, 0.6) is 5.75 Å².